The first-order chi connectivity index (χ1) is 20.2. The zero-order valence-corrected chi connectivity index (χ0v) is 30.5. The highest BCUT2D eigenvalue weighted by atomic mass is 15.3. The van der Waals surface area contributed by atoms with Crippen LogP contribution >= 0.6 is 0 Å². The summed E-state index contributed by atoms with van der Waals surface area (Å²) in [6, 6.07) is 0. The first-order valence-corrected chi connectivity index (χ1v) is 18.4. The Bertz CT molecular complexity index is 575. The number of quaternary nitrogens is 2. The van der Waals surface area contributed by atoms with E-state index >= 15 is 0 Å². The maximum atomic E-state index is 2.51. The first kappa shape index (κ1) is 41.3. The number of hydrogen-bond acceptors (Lipinski definition) is 2. The highest BCUT2D eigenvalue weighted by Crippen LogP contribution is 2.14. The molecule has 0 N–H and O–H groups in total. The third-order valence-corrected chi connectivity index (χ3v) is 9.13. The first-order valence-electron chi connectivity index (χ1n) is 18.4. The van der Waals surface area contributed by atoms with E-state index in [2.05, 4.69) is 90.2 Å². The number of unbranched alkanes of at least 4 members (excludes halogenated alkanes) is 13. The lowest BCUT2D eigenvalue weighted by Gasteiger charge is -2.36. The minimum atomic E-state index is 1.19. The van der Waals surface area contributed by atoms with Crippen molar-refractivity contribution in [3.05, 3.63) is 24.3 Å². The monoisotopic (exact) mass is 593 g/mol. The Hall–Kier alpha value is -0.680. The SMILES string of the molecule is CCCCCCCC/C=C\C[N+](C)(CCCC[N+](C)(C/C=C\CCCCCCCC)CCCN(C)C)CCCN(C)C. The second-order valence-corrected chi connectivity index (χ2v) is 14.6. The maximum absolute atomic E-state index is 2.51. The highest BCUT2D eigenvalue weighted by molar-refractivity contribution is 4.82. The summed E-state index contributed by atoms with van der Waals surface area (Å²) in [4.78, 5) is 4.69. The van der Waals surface area contributed by atoms with Crippen LogP contribution in [-0.2, 0) is 0 Å². The van der Waals surface area contributed by atoms with Gasteiger partial charge in [-0.05, 0) is 66.0 Å². The predicted molar refractivity (Wildman–Crippen MR) is 191 cm³/mol. The molecule has 0 spiro atoms. The molecule has 0 aliphatic carbocycles. The molecule has 4 heteroatoms. The van der Waals surface area contributed by atoms with Gasteiger partial charge in [-0.25, -0.2) is 0 Å². The Morgan fingerprint density at radius 3 is 1.10 bits per heavy atom. The van der Waals surface area contributed by atoms with Crippen molar-refractivity contribution in [1.82, 2.24) is 9.80 Å². The highest BCUT2D eigenvalue weighted by Gasteiger charge is 2.23. The van der Waals surface area contributed by atoms with Crippen molar-refractivity contribution < 1.29 is 8.97 Å². The van der Waals surface area contributed by atoms with Crippen LogP contribution in [0.2, 0.25) is 0 Å². The van der Waals surface area contributed by atoms with Crippen LogP contribution in [0.15, 0.2) is 24.3 Å². The zero-order valence-electron chi connectivity index (χ0n) is 30.5. The molecule has 0 aromatic rings. The second kappa shape index (κ2) is 27.8. The van der Waals surface area contributed by atoms with Crippen molar-refractivity contribution in [3.8, 4) is 0 Å². The fourth-order valence-corrected chi connectivity index (χ4v) is 6.09. The van der Waals surface area contributed by atoms with Crippen molar-refractivity contribution in [2.75, 3.05) is 94.6 Å². The van der Waals surface area contributed by atoms with E-state index < -0.39 is 0 Å². The Labute approximate surface area is 266 Å². The molecule has 2 unspecified atom stereocenters. The van der Waals surface area contributed by atoms with Gasteiger partial charge >= 0.3 is 0 Å². The van der Waals surface area contributed by atoms with Crippen molar-refractivity contribution in [2.24, 2.45) is 0 Å². The van der Waals surface area contributed by atoms with Gasteiger partial charge in [-0.15, -0.1) is 0 Å². The van der Waals surface area contributed by atoms with Gasteiger partial charge in [0.1, 0.15) is 0 Å². The van der Waals surface area contributed by atoms with Crippen molar-refractivity contribution in [1.29, 1.82) is 0 Å². The summed E-state index contributed by atoms with van der Waals surface area (Å²) >= 11 is 0. The van der Waals surface area contributed by atoms with Crippen LogP contribution in [0, 0.1) is 0 Å². The van der Waals surface area contributed by atoms with Crippen LogP contribution < -0.4 is 0 Å². The van der Waals surface area contributed by atoms with Crippen LogP contribution in [0.5, 0.6) is 0 Å². The summed E-state index contributed by atoms with van der Waals surface area (Å²) < 4.78 is 2.40. The smallest absolute Gasteiger partial charge is 0.0971 e. The van der Waals surface area contributed by atoms with Gasteiger partial charge in [-0.1, -0.05) is 90.2 Å². The van der Waals surface area contributed by atoms with E-state index in [0.717, 1.165) is 0 Å². The van der Waals surface area contributed by atoms with Crippen molar-refractivity contribution >= 4 is 0 Å². The Balaban J connectivity index is 4.78. The number of hydrogen-bond donors (Lipinski definition) is 0. The van der Waals surface area contributed by atoms with Gasteiger partial charge in [0.25, 0.3) is 0 Å². The molecule has 4 nitrogen and oxygen atoms in total. The molecule has 250 valence electrons. The number of allylic oxidation sites excluding steroid dienone is 2. The van der Waals surface area contributed by atoms with E-state index in [-0.39, 0.29) is 0 Å². The second-order valence-electron chi connectivity index (χ2n) is 14.6. The molecule has 0 fully saturated rings. The van der Waals surface area contributed by atoms with Gasteiger partial charge in [-0.2, -0.15) is 0 Å². The van der Waals surface area contributed by atoms with E-state index in [1.165, 1.54) is 177 Å². The third kappa shape index (κ3) is 26.9. The fraction of sp³-hybridized carbons (Fsp3) is 0.895. The fourth-order valence-electron chi connectivity index (χ4n) is 6.09. The van der Waals surface area contributed by atoms with Gasteiger partial charge in [0, 0.05) is 38.8 Å². The normalized spacial score (nSPS) is 15.4. The van der Waals surface area contributed by atoms with E-state index in [9.17, 15) is 0 Å². The molecule has 0 radical (unpaired) electrons. The lowest BCUT2D eigenvalue weighted by Crippen LogP contribution is -2.48. The number of nitrogens with zero attached hydrogens (tertiary/aromatic N) is 4. The summed E-state index contributed by atoms with van der Waals surface area (Å²) in [5.74, 6) is 0. The van der Waals surface area contributed by atoms with Crippen LogP contribution in [0.3, 0.4) is 0 Å². The van der Waals surface area contributed by atoms with Gasteiger partial charge in [0.15, 0.2) is 0 Å². The molecule has 0 aliphatic rings. The topological polar surface area (TPSA) is 6.48 Å². The lowest BCUT2D eigenvalue weighted by atomic mass is 10.1. The zero-order chi connectivity index (χ0) is 31.4. The minimum Gasteiger partial charge on any atom is -0.323 e. The molecule has 0 bridgehead atoms. The molecule has 0 aromatic heterocycles. The van der Waals surface area contributed by atoms with E-state index in [1.807, 2.05) is 0 Å². The Morgan fingerprint density at radius 1 is 0.405 bits per heavy atom. The molecular formula is C38H80N4+2. The molecule has 0 aromatic carbocycles. The average molecular weight is 593 g/mol. The molecule has 0 saturated carbocycles. The molecule has 0 heterocycles. The molecule has 0 saturated heterocycles. The largest absolute Gasteiger partial charge is 0.323 e. The van der Waals surface area contributed by atoms with Gasteiger partial charge < -0.3 is 18.8 Å². The number of likely N-dealkylation sites (N-methyl/N-ethyl adjacent to an activating group) is 2. The van der Waals surface area contributed by atoms with Gasteiger partial charge in [0.05, 0.1) is 53.4 Å². The summed E-state index contributed by atoms with van der Waals surface area (Å²) in [7, 11) is 13.9. The van der Waals surface area contributed by atoms with Crippen LogP contribution in [0.1, 0.15) is 129 Å². The third-order valence-electron chi connectivity index (χ3n) is 9.13. The molecule has 0 amide bonds. The molecular weight excluding hydrogens is 512 g/mol. The predicted octanol–water partition coefficient (Wildman–Crippen LogP) is 9.18. The van der Waals surface area contributed by atoms with E-state index in [0.29, 0.717) is 0 Å². The number of rotatable bonds is 31. The quantitative estimate of drug-likeness (QED) is 0.0450. The van der Waals surface area contributed by atoms with Gasteiger partial charge in [-0.3, -0.25) is 0 Å². The standard InChI is InChI=1S/C38H80N4/c1-9-11-13-15-17-19-21-23-25-33-41(7,37-29-31-39(3)4)35-27-28-36-42(8,38-30-32-40(5)6)34-26-24-22-20-18-16-14-12-10-2/h23-26H,9-22,27-38H2,1-8H3/q+2/b25-23-,26-24-. The van der Waals surface area contributed by atoms with E-state index in [4.69, 9.17) is 0 Å². The molecule has 42 heavy (non-hydrogen) atoms. The summed E-state index contributed by atoms with van der Waals surface area (Å²) in [5.41, 5.74) is 0. The van der Waals surface area contributed by atoms with Gasteiger partial charge in [0.2, 0.25) is 0 Å². The Morgan fingerprint density at radius 2 is 0.738 bits per heavy atom. The van der Waals surface area contributed by atoms with Crippen molar-refractivity contribution in [2.45, 2.75) is 129 Å². The molecule has 0 aliphatic heterocycles. The summed E-state index contributed by atoms with van der Waals surface area (Å²) in [5, 5.41) is 0. The van der Waals surface area contributed by atoms with E-state index in [1.54, 1.807) is 0 Å². The van der Waals surface area contributed by atoms with Crippen molar-refractivity contribution in [3.63, 3.8) is 0 Å². The molecule has 0 rings (SSSR count). The minimum absolute atomic E-state index is 1.19. The Kier molecular flexibility index (Phi) is 27.4. The maximum Gasteiger partial charge on any atom is 0.0971 e. The van der Waals surface area contributed by atoms with Crippen LogP contribution in [0.25, 0.3) is 0 Å². The summed E-state index contributed by atoms with van der Waals surface area (Å²) in [6.45, 7) is 14.6. The lowest BCUT2D eigenvalue weighted by molar-refractivity contribution is -0.910. The average Bonchev–Trinajstić information content (AvgIpc) is 2.93. The summed E-state index contributed by atoms with van der Waals surface area (Å²) in [6.07, 6.45) is 34.5. The van der Waals surface area contributed by atoms with Crippen LogP contribution in [0.4, 0.5) is 0 Å². The molecule has 2 atom stereocenters. The van der Waals surface area contributed by atoms with Crippen LogP contribution in [-0.4, -0.2) is 113 Å².